The van der Waals surface area contributed by atoms with Crippen LogP contribution in [0.3, 0.4) is 0 Å². The summed E-state index contributed by atoms with van der Waals surface area (Å²) in [5.41, 5.74) is 0.405. The molecule has 0 bridgehead atoms. The minimum Gasteiger partial charge on any atom is -0.469 e. The predicted molar refractivity (Wildman–Crippen MR) is 64.3 cm³/mol. The number of hydrogen-bond acceptors (Lipinski definition) is 3. The molecule has 0 N–H and O–H groups in total. The van der Waals surface area contributed by atoms with E-state index < -0.39 is 16.8 Å². The van der Waals surface area contributed by atoms with Gasteiger partial charge in [-0.25, -0.2) is 4.39 Å². The van der Waals surface area contributed by atoms with E-state index in [1.807, 2.05) is 0 Å². The molecular weight excluding hydrogens is 243 g/mol. The van der Waals surface area contributed by atoms with Crippen molar-refractivity contribution >= 4 is 16.8 Å². The highest BCUT2D eigenvalue weighted by Gasteiger charge is 2.17. The van der Waals surface area contributed by atoms with Crippen molar-refractivity contribution in [1.82, 2.24) is 0 Å². The fourth-order valence-electron chi connectivity index (χ4n) is 1.32. The van der Waals surface area contributed by atoms with Crippen molar-refractivity contribution in [2.45, 2.75) is 24.3 Å². The first-order valence-corrected chi connectivity index (χ1v) is 6.60. The van der Waals surface area contributed by atoms with E-state index in [9.17, 15) is 13.4 Å². The molecule has 0 aromatic heterocycles. The lowest BCUT2D eigenvalue weighted by atomic mass is 10.2. The van der Waals surface area contributed by atoms with Gasteiger partial charge in [-0.15, -0.1) is 0 Å². The number of ether oxygens (including phenoxy) is 1. The van der Waals surface area contributed by atoms with Crippen LogP contribution in [0.4, 0.5) is 4.39 Å². The van der Waals surface area contributed by atoms with Gasteiger partial charge in [-0.05, 0) is 6.07 Å². The zero-order valence-electron chi connectivity index (χ0n) is 9.81. The molecule has 17 heavy (non-hydrogen) atoms. The minimum absolute atomic E-state index is 0.0809. The Bertz CT molecular complexity index is 420. The lowest BCUT2D eigenvalue weighted by molar-refractivity contribution is -0.140. The van der Waals surface area contributed by atoms with Crippen LogP contribution in [0.2, 0.25) is 0 Å². The standard InChI is InChI=1S/C12H15FO3S/c1-9(7-12(14)16-2)17(15)8-10-5-3-4-6-11(10)13/h3-6,9H,7-8H2,1-2H3. The van der Waals surface area contributed by atoms with Crippen LogP contribution in [0, 0.1) is 5.82 Å². The second-order valence-corrected chi connectivity index (χ2v) is 5.56. The Kier molecular flexibility index (Phi) is 5.28. The molecule has 3 nitrogen and oxygen atoms in total. The highest BCUT2D eigenvalue weighted by atomic mass is 32.2. The van der Waals surface area contributed by atoms with Crippen LogP contribution in [0.5, 0.6) is 0 Å². The summed E-state index contributed by atoms with van der Waals surface area (Å²) in [6.07, 6.45) is 0.0809. The van der Waals surface area contributed by atoms with E-state index in [-0.39, 0.29) is 23.2 Å². The quantitative estimate of drug-likeness (QED) is 0.759. The third kappa shape index (κ3) is 4.26. The summed E-state index contributed by atoms with van der Waals surface area (Å²) >= 11 is 0. The van der Waals surface area contributed by atoms with Crippen molar-refractivity contribution in [3.63, 3.8) is 0 Å². The number of rotatable bonds is 5. The van der Waals surface area contributed by atoms with Gasteiger partial charge < -0.3 is 4.74 Å². The molecule has 0 heterocycles. The van der Waals surface area contributed by atoms with Crippen LogP contribution in [-0.2, 0) is 26.1 Å². The number of esters is 1. The van der Waals surface area contributed by atoms with E-state index in [0.29, 0.717) is 5.56 Å². The number of halogens is 1. The molecule has 0 saturated carbocycles. The first-order chi connectivity index (χ1) is 8.04. The summed E-state index contributed by atoms with van der Waals surface area (Å²) in [6.45, 7) is 1.69. The molecule has 0 saturated heterocycles. The van der Waals surface area contributed by atoms with E-state index in [1.165, 1.54) is 13.2 Å². The van der Waals surface area contributed by atoms with E-state index in [1.54, 1.807) is 25.1 Å². The Morgan fingerprint density at radius 3 is 2.71 bits per heavy atom. The summed E-state index contributed by atoms with van der Waals surface area (Å²) in [5.74, 6) is -0.657. The second-order valence-electron chi connectivity index (χ2n) is 3.71. The lowest BCUT2D eigenvalue weighted by Crippen LogP contribution is -2.18. The number of carbonyl (C=O) groups is 1. The van der Waals surface area contributed by atoms with Crippen molar-refractivity contribution in [2.75, 3.05) is 7.11 Å². The molecule has 0 amide bonds. The first-order valence-electron chi connectivity index (χ1n) is 5.22. The molecular formula is C12H15FO3S. The van der Waals surface area contributed by atoms with Crippen LogP contribution in [0.15, 0.2) is 24.3 Å². The molecule has 0 aliphatic heterocycles. The third-order valence-corrected chi connectivity index (χ3v) is 4.05. The van der Waals surface area contributed by atoms with Gasteiger partial charge in [0, 0.05) is 21.6 Å². The van der Waals surface area contributed by atoms with Crippen LogP contribution >= 0.6 is 0 Å². The summed E-state index contributed by atoms with van der Waals surface area (Å²) in [6, 6.07) is 6.20. The molecule has 0 radical (unpaired) electrons. The third-order valence-electron chi connectivity index (χ3n) is 2.39. The molecule has 94 valence electrons. The van der Waals surface area contributed by atoms with Gasteiger partial charge in [-0.3, -0.25) is 9.00 Å². The van der Waals surface area contributed by atoms with Crippen LogP contribution in [0.25, 0.3) is 0 Å². The maximum atomic E-state index is 13.3. The van der Waals surface area contributed by atoms with Crippen LogP contribution in [0.1, 0.15) is 18.9 Å². The Labute approximate surface area is 102 Å². The molecule has 5 heteroatoms. The maximum Gasteiger partial charge on any atom is 0.306 e. The smallest absolute Gasteiger partial charge is 0.306 e. The summed E-state index contributed by atoms with van der Waals surface area (Å²) < 4.78 is 29.7. The van der Waals surface area contributed by atoms with Crippen LogP contribution < -0.4 is 0 Å². The second kappa shape index (κ2) is 6.49. The summed E-state index contributed by atoms with van der Waals surface area (Å²) in [5, 5.41) is -0.345. The fourth-order valence-corrected chi connectivity index (χ4v) is 2.47. The minimum atomic E-state index is -1.29. The highest BCUT2D eigenvalue weighted by molar-refractivity contribution is 7.84. The van der Waals surface area contributed by atoms with Crippen molar-refractivity contribution in [1.29, 1.82) is 0 Å². The molecule has 0 aliphatic carbocycles. The summed E-state index contributed by atoms with van der Waals surface area (Å²) in [4.78, 5) is 11.0. The van der Waals surface area contributed by atoms with Gasteiger partial charge >= 0.3 is 5.97 Å². The topological polar surface area (TPSA) is 43.4 Å². The van der Waals surface area contributed by atoms with Gasteiger partial charge in [-0.2, -0.15) is 0 Å². The van der Waals surface area contributed by atoms with Gasteiger partial charge in [0.25, 0.3) is 0 Å². The summed E-state index contributed by atoms with van der Waals surface area (Å²) in [7, 11) is -0.00250. The van der Waals surface area contributed by atoms with Gasteiger partial charge in [0.2, 0.25) is 0 Å². The highest BCUT2D eigenvalue weighted by Crippen LogP contribution is 2.13. The zero-order chi connectivity index (χ0) is 12.8. The Morgan fingerprint density at radius 1 is 1.47 bits per heavy atom. The zero-order valence-corrected chi connectivity index (χ0v) is 10.6. The van der Waals surface area contributed by atoms with Crippen molar-refractivity contribution in [2.24, 2.45) is 0 Å². The normalized spacial score (nSPS) is 14.1. The van der Waals surface area contributed by atoms with Gasteiger partial charge in [0.15, 0.2) is 0 Å². The average molecular weight is 258 g/mol. The molecule has 0 spiro atoms. The molecule has 2 unspecified atom stereocenters. The number of methoxy groups -OCH3 is 1. The van der Waals surface area contributed by atoms with Gasteiger partial charge in [0.05, 0.1) is 19.3 Å². The monoisotopic (exact) mass is 258 g/mol. The average Bonchev–Trinajstić information content (AvgIpc) is 2.31. The van der Waals surface area contributed by atoms with E-state index in [0.717, 1.165) is 0 Å². The first kappa shape index (κ1) is 13.8. The number of carbonyl (C=O) groups excluding carboxylic acids is 1. The van der Waals surface area contributed by atoms with E-state index in [4.69, 9.17) is 0 Å². The fraction of sp³-hybridized carbons (Fsp3) is 0.417. The molecule has 0 fully saturated rings. The maximum absolute atomic E-state index is 13.3. The molecule has 1 aromatic carbocycles. The van der Waals surface area contributed by atoms with Crippen LogP contribution in [-0.4, -0.2) is 22.5 Å². The van der Waals surface area contributed by atoms with Gasteiger partial charge in [-0.1, -0.05) is 25.1 Å². The molecule has 0 aliphatic rings. The predicted octanol–water partition coefficient (Wildman–Crippen LogP) is 2.03. The van der Waals surface area contributed by atoms with Crippen molar-refractivity contribution < 1.29 is 18.1 Å². The SMILES string of the molecule is COC(=O)CC(C)S(=O)Cc1ccccc1F. The molecule has 2 atom stereocenters. The lowest BCUT2D eigenvalue weighted by Gasteiger charge is -2.10. The number of hydrogen-bond donors (Lipinski definition) is 0. The Balaban J connectivity index is 2.60. The number of benzene rings is 1. The Morgan fingerprint density at radius 2 is 2.12 bits per heavy atom. The van der Waals surface area contributed by atoms with Crippen molar-refractivity contribution in [3.8, 4) is 0 Å². The van der Waals surface area contributed by atoms with E-state index >= 15 is 0 Å². The van der Waals surface area contributed by atoms with E-state index in [2.05, 4.69) is 4.74 Å². The molecule has 1 aromatic rings. The largest absolute Gasteiger partial charge is 0.469 e. The van der Waals surface area contributed by atoms with Crippen molar-refractivity contribution in [3.05, 3.63) is 35.6 Å². The Hall–Kier alpha value is -1.23. The van der Waals surface area contributed by atoms with Gasteiger partial charge in [0.1, 0.15) is 5.82 Å². The molecule has 1 rings (SSSR count).